The zero-order chi connectivity index (χ0) is 14.8. The maximum absolute atomic E-state index is 4.30. The van der Waals surface area contributed by atoms with E-state index >= 15 is 0 Å². The van der Waals surface area contributed by atoms with Gasteiger partial charge in [0, 0.05) is 41.7 Å². The monoisotopic (exact) mass is 275 g/mol. The van der Waals surface area contributed by atoms with Crippen molar-refractivity contribution < 1.29 is 0 Å². The molecule has 2 N–H and O–H groups in total. The normalized spacial score (nSPS) is 15.2. The molecule has 110 valence electrons. The highest BCUT2D eigenvalue weighted by Gasteiger charge is 2.21. The number of rotatable bonds is 5. The third-order valence-corrected chi connectivity index (χ3v) is 3.75. The lowest BCUT2D eigenvalue weighted by Crippen LogP contribution is -2.34. The number of aromatic amines is 1. The SMILES string of the molecule is C[C@H](NCc1cn[nH]c1C(C)(C)C)[C@H](C)n1cccn1. The minimum atomic E-state index is 0.0876. The first-order valence-corrected chi connectivity index (χ1v) is 7.15. The molecule has 0 aromatic carbocycles. The molecular weight excluding hydrogens is 250 g/mol. The molecule has 2 rings (SSSR count). The summed E-state index contributed by atoms with van der Waals surface area (Å²) in [6.45, 7) is 11.8. The number of hydrogen-bond acceptors (Lipinski definition) is 3. The lowest BCUT2D eigenvalue weighted by Gasteiger charge is -2.23. The van der Waals surface area contributed by atoms with Gasteiger partial charge in [0.2, 0.25) is 0 Å². The van der Waals surface area contributed by atoms with Crippen molar-refractivity contribution in [3.8, 4) is 0 Å². The maximum atomic E-state index is 4.30. The van der Waals surface area contributed by atoms with E-state index in [9.17, 15) is 0 Å². The summed E-state index contributed by atoms with van der Waals surface area (Å²) in [5.74, 6) is 0. The molecule has 2 atom stereocenters. The second-order valence-electron chi connectivity index (χ2n) is 6.42. The van der Waals surface area contributed by atoms with Crippen molar-refractivity contribution in [2.75, 3.05) is 0 Å². The molecule has 5 heteroatoms. The smallest absolute Gasteiger partial charge is 0.0641 e. The largest absolute Gasteiger partial charge is 0.308 e. The van der Waals surface area contributed by atoms with Gasteiger partial charge < -0.3 is 5.32 Å². The first-order valence-electron chi connectivity index (χ1n) is 7.15. The molecule has 20 heavy (non-hydrogen) atoms. The standard InChI is InChI=1S/C15H25N5/c1-11(12(2)20-8-6-7-18-20)16-9-13-10-17-19-14(13)15(3,4)5/h6-8,10-12,16H,9H2,1-5H3,(H,17,19)/t11-,12-/m0/s1. The molecule has 0 saturated carbocycles. The van der Waals surface area contributed by atoms with Crippen molar-refractivity contribution in [2.45, 2.75) is 58.7 Å². The van der Waals surface area contributed by atoms with E-state index in [1.54, 1.807) is 0 Å². The van der Waals surface area contributed by atoms with Gasteiger partial charge in [0.15, 0.2) is 0 Å². The maximum Gasteiger partial charge on any atom is 0.0641 e. The van der Waals surface area contributed by atoms with Gasteiger partial charge in [-0.05, 0) is 19.9 Å². The summed E-state index contributed by atoms with van der Waals surface area (Å²) < 4.78 is 1.98. The third kappa shape index (κ3) is 3.28. The second-order valence-corrected chi connectivity index (χ2v) is 6.42. The molecule has 0 aliphatic carbocycles. The second kappa shape index (κ2) is 5.79. The summed E-state index contributed by atoms with van der Waals surface area (Å²) >= 11 is 0. The number of aromatic nitrogens is 4. The Morgan fingerprint density at radius 3 is 2.70 bits per heavy atom. The van der Waals surface area contributed by atoms with Crippen LogP contribution in [0.5, 0.6) is 0 Å². The molecule has 0 radical (unpaired) electrons. The molecule has 0 unspecified atom stereocenters. The Hall–Kier alpha value is -1.62. The molecule has 5 nitrogen and oxygen atoms in total. The predicted octanol–water partition coefficient (Wildman–Crippen LogP) is 2.64. The van der Waals surface area contributed by atoms with Gasteiger partial charge in [0.1, 0.15) is 0 Å². The van der Waals surface area contributed by atoms with Gasteiger partial charge in [-0.25, -0.2) is 0 Å². The summed E-state index contributed by atoms with van der Waals surface area (Å²) in [5, 5.41) is 15.2. The highest BCUT2D eigenvalue weighted by molar-refractivity contribution is 5.23. The Morgan fingerprint density at radius 1 is 1.35 bits per heavy atom. The van der Waals surface area contributed by atoms with E-state index in [0.29, 0.717) is 12.1 Å². The molecule has 0 spiro atoms. The number of H-pyrrole nitrogens is 1. The van der Waals surface area contributed by atoms with Crippen molar-refractivity contribution in [3.05, 3.63) is 35.9 Å². The topological polar surface area (TPSA) is 58.5 Å². The zero-order valence-electron chi connectivity index (χ0n) is 13.0. The van der Waals surface area contributed by atoms with Crippen LogP contribution in [0.2, 0.25) is 0 Å². The molecule has 2 aromatic heterocycles. The molecule has 0 fully saturated rings. The van der Waals surface area contributed by atoms with Crippen molar-refractivity contribution in [1.29, 1.82) is 0 Å². The van der Waals surface area contributed by atoms with E-state index < -0.39 is 0 Å². The molecular formula is C15H25N5. The summed E-state index contributed by atoms with van der Waals surface area (Å²) in [6.07, 6.45) is 5.73. The van der Waals surface area contributed by atoms with Crippen LogP contribution in [0.1, 0.15) is 51.9 Å². The van der Waals surface area contributed by atoms with Crippen LogP contribution in [0, 0.1) is 0 Å². The minimum absolute atomic E-state index is 0.0876. The zero-order valence-corrected chi connectivity index (χ0v) is 13.0. The third-order valence-electron chi connectivity index (χ3n) is 3.75. The van der Waals surface area contributed by atoms with Crippen molar-refractivity contribution >= 4 is 0 Å². The highest BCUT2D eigenvalue weighted by atomic mass is 15.3. The highest BCUT2D eigenvalue weighted by Crippen LogP contribution is 2.23. The van der Waals surface area contributed by atoms with Gasteiger partial charge in [0.25, 0.3) is 0 Å². The molecule has 2 heterocycles. The Morgan fingerprint density at radius 2 is 2.10 bits per heavy atom. The van der Waals surface area contributed by atoms with Crippen LogP contribution < -0.4 is 5.32 Å². The van der Waals surface area contributed by atoms with Gasteiger partial charge in [-0.15, -0.1) is 0 Å². The quantitative estimate of drug-likeness (QED) is 0.882. The minimum Gasteiger partial charge on any atom is -0.308 e. The van der Waals surface area contributed by atoms with Gasteiger partial charge in [-0.2, -0.15) is 10.2 Å². The number of nitrogens with one attached hydrogen (secondary N) is 2. The van der Waals surface area contributed by atoms with Gasteiger partial charge >= 0.3 is 0 Å². The Bertz CT molecular complexity index is 521. The van der Waals surface area contributed by atoms with Crippen LogP contribution in [0.25, 0.3) is 0 Å². The fourth-order valence-electron chi connectivity index (χ4n) is 2.29. The molecule has 0 aliphatic heterocycles. The Kier molecular flexibility index (Phi) is 4.28. The van der Waals surface area contributed by atoms with E-state index in [-0.39, 0.29) is 5.41 Å². The number of nitrogens with zero attached hydrogens (tertiary/aromatic N) is 3. The van der Waals surface area contributed by atoms with E-state index in [4.69, 9.17) is 0 Å². The number of hydrogen-bond donors (Lipinski definition) is 2. The average molecular weight is 275 g/mol. The van der Waals surface area contributed by atoms with Crippen LogP contribution in [0.15, 0.2) is 24.7 Å². The van der Waals surface area contributed by atoms with Gasteiger partial charge in [0.05, 0.1) is 12.2 Å². The van der Waals surface area contributed by atoms with Crippen LogP contribution in [0.3, 0.4) is 0 Å². The van der Waals surface area contributed by atoms with E-state index in [2.05, 4.69) is 55.2 Å². The van der Waals surface area contributed by atoms with Gasteiger partial charge in [-0.1, -0.05) is 20.8 Å². The predicted molar refractivity (Wildman–Crippen MR) is 80.5 cm³/mol. The molecule has 0 amide bonds. The van der Waals surface area contributed by atoms with Crippen molar-refractivity contribution in [2.24, 2.45) is 0 Å². The van der Waals surface area contributed by atoms with E-state index in [0.717, 1.165) is 6.54 Å². The van der Waals surface area contributed by atoms with Crippen LogP contribution in [-0.2, 0) is 12.0 Å². The lowest BCUT2D eigenvalue weighted by atomic mass is 9.89. The summed E-state index contributed by atoms with van der Waals surface area (Å²) in [4.78, 5) is 0. The van der Waals surface area contributed by atoms with E-state index in [1.165, 1.54) is 11.3 Å². The fraction of sp³-hybridized carbons (Fsp3) is 0.600. The van der Waals surface area contributed by atoms with Crippen molar-refractivity contribution in [1.82, 2.24) is 25.3 Å². The summed E-state index contributed by atoms with van der Waals surface area (Å²) in [5.41, 5.74) is 2.52. The Labute approximate surface area is 120 Å². The van der Waals surface area contributed by atoms with Gasteiger partial charge in [-0.3, -0.25) is 9.78 Å². The molecule has 2 aromatic rings. The first kappa shape index (κ1) is 14.8. The summed E-state index contributed by atoms with van der Waals surface area (Å²) in [7, 11) is 0. The Balaban J connectivity index is 1.97. The first-order chi connectivity index (χ1) is 9.39. The fourth-order valence-corrected chi connectivity index (χ4v) is 2.29. The van der Waals surface area contributed by atoms with Crippen LogP contribution in [0.4, 0.5) is 0 Å². The molecule has 0 bridgehead atoms. The molecule has 0 saturated heterocycles. The van der Waals surface area contributed by atoms with E-state index in [1.807, 2.05) is 29.3 Å². The molecule has 0 aliphatic rings. The average Bonchev–Trinajstić information content (AvgIpc) is 3.04. The summed E-state index contributed by atoms with van der Waals surface area (Å²) in [6, 6.07) is 2.60. The van der Waals surface area contributed by atoms with Crippen molar-refractivity contribution in [3.63, 3.8) is 0 Å². The van der Waals surface area contributed by atoms with Crippen LogP contribution in [-0.4, -0.2) is 26.0 Å². The lowest BCUT2D eigenvalue weighted by molar-refractivity contribution is 0.364. The van der Waals surface area contributed by atoms with Crippen LogP contribution >= 0.6 is 0 Å².